The minimum Gasteiger partial charge on any atom is -0.466 e. The van der Waals surface area contributed by atoms with E-state index in [9.17, 15) is 4.79 Å². The fourth-order valence-corrected chi connectivity index (χ4v) is 2.57. The first-order valence-electron chi connectivity index (χ1n) is 6.66. The summed E-state index contributed by atoms with van der Waals surface area (Å²) in [5, 5.41) is 5.87. The monoisotopic (exact) mass is 306 g/mol. The second-order valence-electron chi connectivity index (χ2n) is 4.34. The minimum atomic E-state index is -0.255. The van der Waals surface area contributed by atoms with E-state index in [1.165, 1.54) is 11.3 Å². The van der Waals surface area contributed by atoms with Crippen LogP contribution in [0.2, 0.25) is 0 Å². The summed E-state index contributed by atoms with van der Waals surface area (Å²) in [6.45, 7) is 2.71. The normalized spacial score (nSPS) is 10.4. The number of methoxy groups -OCH3 is 1. The predicted molar refractivity (Wildman–Crippen MR) is 82.9 cm³/mol. The molecule has 0 saturated heterocycles. The summed E-state index contributed by atoms with van der Waals surface area (Å²) in [6, 6.07) is 7.89. The quantitative estimate of drug-likeness (QED) is 0.796. The zero-order valence-corrected chi connectivity index (χ0v) is 12.9. The van der Waals surface area contributed by atoms with Gasteiger partial charge in [-0.05, 0) is 13.0 Å². The van der Waals surface area contributed by atoms with Crippen LogP contribution in [0.4, 0.5) is 10.8 Å². The van der Waals surface area contributed by atoms with Crippen molar-refractivity contribution in [3.05, 3.63) is 40.9 Å². The number of nitrogens with one attached hydrogen (secondary N) is 1. The van der Waals surface area contributed by atoms with Crippen LogP contribution in [0, 0.1) is 0 Å². The summed E-state index contributed by atoms with van der Waals surface area (Å²) < 4.78 is 10.1. The van der Waals surface area contributed by atoms with Gasteiger partial charge in [-0.15, -0.1) is 11.3 Å². The number of nitrogens with zero attached hydrogens (tertiary/aromatic N) is 1. The second-order valence-corrected chi connectivity index (χ2v) is 5.20. The average molecular weight is 306 g/mol. The molecule has 0 spiro atoms. The van der Waals surface area contributed by atoms with Gasteiger partial charge in [0.25, 0.3) is 0 Å². The van der Waals surface area contributed by atoms with Crippen LogP contribution in [-0.4, -0.2) is 24.7 Å². The highest BCUT2D eigenvalue weighted by Gasteiger charge is 2.09. The number of benzene rings is 1. The zero-order chi connectivity index (χ0) is 15.1. The number of carbonyl (C=O) groups is 1. The van der Waals surface area contributed by atoms with E-state index in [1.807, 2.05) is 29.6 Å². The molecule has 1 aromatic heterocycles. The van der Waals surface area contributed by atoms with Gasteiger partial charge in [0.1, 0.15) is 0 Å². The van der Waals surface area contributed by atoms with Crippen molar-refractivity contribution in [2.45, 2.75) is 20.0 Å². The summed E-state index contributed by atoms with van der Waals surface area (Å²) in [5.74, 6) is -0.255. The van der Waals surface area contributed by atoms with Crippen molar-refractivity contribution in [2.75, 3.05) is 19.0 Å². The Hall–Kier alpha value is -1.92. The molecule has 0 atom stereocenters. The number of aromatic nitrogens is 1. The Bertz CT molecular complexity index is 598. The highest BCUT2D eigenvalue weighted by atomic mass is 32.1. The van der Waals surface area contributed by atoms with Crippen molar-refractivity contribution in [2.24, 2.45) is 0 Å². The van der Waals surface area contributed by atoms with Crippen molar-refractivity contribution in [1.82, 2.24) is 4.98 Å². The van der Waals surface area contributed by atoms with Crippen molar-refractivity contribution in [1.29, 1.82) is 0 Å². The summed E-state index contributed by atoms with van der Waals surface area (Å²) in [7, 11) is 1.66. The third-order valence-electron chi connectivity index (χ3n) is 2.74. The number of hydrogen-bond donors (Lipinski definition) is 1. The maximum atomic E-state index is 11.4. The van der Waals surface area contributed by atoms with Crippen LogP contribution >= 0.6 is 11.3 Å². The van der Waals surface area contributed by atoms with E-state index in [2.05, 4.69) is 10.3 Å². The lowest BCUT2D eigenvalue weighted by Crippen LogP contribution is -2.07. The molecule has 0 radical (unpaired) electrons. The van der Waals surface area contributed by atoms with Gasteiger partial charge in [-0.3, -0.25) is 4.79 Å². The highest BCUT2D eigenvalue weighted by Crippen LogP contribution is 2.24. The fraction of sp³-hybridized carbons (Fsp3) is 0.333. The molecular formula is C15H18N2O3S. The first kappa shape index (κ1) is 15.5. The third-order valence-corrected chi connectivity index (χ3v) is 3.55. The summed E-state index contributed by atoms with van der Waals surface area (Å²) in [4.78, 5) is 15.8. The average Bonchev–Trinajstić information content (AvgIpc) is 2.89. The molecule has 0 fully saturated rings. The van der Waals surface area contributed by atoms with Crippen molar-refractivity contribution < 1.29 is 14.3 Å². The van der Waals surface area contributed by atoms with Crippen molar-refractivity contribution in [3.8, 4) is 0 Å². The largest absolute Gasteiger partial charge is 0.466 e. The molecule has 0 saturated carbocycles. The van der Waals surface area contributed by atoms with Gasteiger partial charge in [-0.2, -0.15) is 0 Å². The zero-order valence-electron chi connectivity index (χ0n) is 12.1. The van der Waals surface area contributed by atoms with Gasteiger partial charge in [0.2, 0.25) is 0 Å². The minimum absolute atomic E-state index is 0.200. The van der Waals surface area contributed by atoms with Gasteiger partial charge in [-0.1, -0.05) is 18.2 Å². The van der Waals surface area contributed by atoms with Crippen LogP contribution in [0.5, 0.6) is 0 Å². The number of rotatable bonds is 7. The maximum Gasteiger partial charge on any atom is 0.311 e. The number of anilines is 2. The Balaban J connectivity index is 2.04. The number of para-hydroxylation sites is 1. The van der Waals surface area contributed by atoms with Gasteiger partial charge in [0, 0.05) is 23.7 Å². The van der Waals surface area contributed by atoms with E-state index in [0.29, 0.717) is 18.9 Å². The maximum absolute atomic E-state index is 11.4. The lowest BCUT2D eigenvalue weighted by molar-refractivity contribution is -0.142. The van der Waals surface area contributed by atoms with Gasteiger partial charge >= 0.3 is 5.97 Å². The molecule has 2 aromatic rings. The van der Waals surface area contributed by atoms with Crippen LogP contribution in [0.25, 0.3) is 0 Å². The van der Waals surface area contributed by atoms with Crippen LogP contribution in [-0.2, 0) is 27.3 Å². The van der Waals surface area contributed by atoms with E-state index in [4.69, 9.17) is 9.47 Å². The molecule has 21 heavy (non-hydrogen) atoms. The Morgan fingerprint density at radius 2 is 2.19 bits per heavy atom. The van der Waals surface area contributed by atoms with Crippen LogP contribution < -0.4 is 5.32 Å². The molecule has 1 heterocycles. The molecular weight excluding hydrogens is 288 g/mol. The smallest absolute Gasteiger partial charge is 0.311 e. The summed E-state index contributed by atoms with van der Waals surface area (Å²) in [6.07, 6.45) is 0.200. The lowest BCUT2D eigenvalue weighted by Gasteiger charge is -2.08. The first-order valence-corrected chi connectivity index (χ1v) is 7.54. The van der Waals surface area contributed by atoms with Gasteiger partial charge < -0.3 is 14.8 Å². The Morgan fingerprint density at radius 1 is 1.38 bits per heavy atom. The number of ether oxygens (including phenoxy) is 2. The van der Waals surface area contributed by atoms with E-state index < -0.39 is 0 Å². The molecule has 112 valence electrons. The molecule has 0 aliphatic rings. The SMILES string of the molecule is CCOC(=O)Cc1csc(Nc2ccccc2COC)n1. The van der Waals surface area contributed by atoms with Crippen LogP contribution in [0.15, 0.2) is 29.6 Å². The van der Waals surface area contributed by atoms with E-state index in [0.717, 1.165) is 16.4 Å². The number of thiazole rings is 1. The molecule has 0 unspecified atom stereocenters. The Kier molecular flexibility index (Phi) is 5.71. The molecule has 1 N–H and O–H groups in total. The van der Waals surface area contributed by atoms with E-state index in [-0.39, 0.29) is 12.4 Å². The van der Waals surface area contributed by atoms with E-state index >= 15 is 0 Å². The van der Waals surface area contributed by atoms with Gasteiger partial charge in [-0.25, -0.2) is 4.98 Å². The lowest BCUT2D eigenvalue weighted by atomic mass is 10.2. The highest BCUT2D eigenvalue weighted by molar-refractivity contribution is 7.13. The van der Waals surface area contributed by atoms with Crippen molar-refractivity contribution in [3.63, 3.8) is 0 Å². The molecule has 0 aliphatic carbocycles. The Morgan fingerprint density at radius 3 is 2.95 bits per heavy atom. The number of esters is 1. The first-order chi connectivity index (χ1) is 10.2. The fourth-order valence-electron chi connectivity index (χ4n) is 1.84. The van der Waals surface area contributed by atoms with E-state index in [1.54, 1.807) is 14.0 Å². The molecule has 6 heteroatoms. The molecule has 2 rings (SSSR count). The third kappa shape index (κ3) is 4.54. The molecule has 0 amide bonds. The Labute approximate surface area is 127 Å². The molecule has 5 nitrogen and oxygen atoms in total. The van der Waals surface area contributed by atoms with Gasteiger partial charge in [0.15, 0.2) is 5.13 Å². The summed E-state index contributed by atoms with van der Waals surface area (Å²) in [5.41, 5.74) is 2.73. The van der Waals surface area contributed by atoms with Crippen LogP contribution in [0.1, 0.15) is 18.2 Å². The van der Waals surface area contributed by atoms with Crippen molar-refractivity contribution >= 4 is 28.1 Å². The van der Waals surface area contributed by atoms with Crippen LogP contribution in [0.3, 0.4) is 0 Å². The molecule has 0 bridgehead atoms. The standard InChI is InChI=1S/C15H18N2O3S/c1-3-20-14(18)8-12-10-21-15(16-12)17-13-7-5-4-6-11(13)9-19-2/h4-7,10H,3,8-9H2,1-2H3,(H,16,17). The predicted octanol–water partition coefficient (Wildman–Crippen LogP) is 3.14. The second kappa shape index (κ2) is 7.75. The number of hydrogen-bond acceptors (Lipinski definition) is 6. The molecule has 1 aromatic carbocycles. The van der Waals surface area contributed by atoms with Gasteiger partial charge in [0.05, 0.1) is 25.3 Å². The summed E-state index contributed by atoms with van der Waals surface area (Å²) >= 11 is 1.46. The number of carbonyl (C=O) groups excluding carboxylic acids is 1. The molecule has 0 aliphatic heterocycles. The topological polar surface area (TPSA) is 60.5 Å².